The van der Waals surface area contributed by atoms with Crippen LogP contribution in [0.5, 0.6) is 0 Å². The Morgan fingerprint density at radius 2 is 1.46 bits per heavy atom. The van der Waals surface area contributed by atoms with Crippen LogP contribution in [0.3, 0.4) is 0 Å². The van der Waals surface area contributed by atoms with Gasteiger partial charge in [-0.1, -0.05) is 31.5 Å². The zero-order valence-electron chi connectivity index (χ0n) is 17.0. The van der Waals surface area contributed by atoms with Crippen molar-refractivity contribution in [2.24, 2.45) is 0 Å². The molecule has 0 saturated carbocycles. The van der Waals surface area contributed by atoms with Crippen LogP contribution in [0, 0.1) is 6.92 Å². The van der Waals surface area contributed by atoms with Crippen LogP contribution in [0.4, 0.5) is 0 Å². The Labute approximate surface area is 159 Å². The van der Waals surface area contributed by atoms with E-state index in [0.717, 1.165) is 18.4 Å². The smallest absolute Gasteiger partial charge is 0.297 e. The van der Waals surface area contributed by atoms with Gasteiger partial charge in [-0.05, 0) is 52.2 Å². The van der Waals surface area contributed by atoms with E-state index in [1.807, 2.05) is 20.8 Å². The molecule has 0 fully saturated rings. The number of rotatable bonds is 12. The van der Waals surface area contributed by atoms with Crippen molar-refractivity contribution in [2.45, 2.75) is 76.4 Å². The summed E-state index contributed by atoms with van der Waals surface area (Å²) in [7, 11) is -2.13. The summed E-state index contributed by atoms with van der Waals surface area (Å²) in [5, 5.41) is 0. The molecule has 0 radical (unpaired) electrons. The molecule has 26 heavy (non-hydrogen) atoms. The Balaban J connectivity index is 2.74. The minimum Gasteiger partial charge on any atom is -0.385 e. The van der Waals surface area contributed by atoms with E-state index in [0.29, 0.717) is 26.1 Å². The van der Waals surface area contributed by atoms with Gasteiger partial charge >= 0.3 is 0 Å². The van der Waals surface area contributed by atoms with Gasteiger partial charge in [-0.25, -0.2) is 0 Å². The van der Waals surface area contributed by atoms with Gasteiger partial charge in [-0.2, -0.15) is 8.42 Å². The molecule has 0 bridgehead atoms. The average Bonchev–Trinajstić information content (AvgIpc) is 2.60. The number of ether oxygens (including phenoxy) is 2. The van der Waals surface area contributed by atoms with Crippen molar-refractivity contribution >= 4 is 10.1 Å². The van der Waals surface area contributed by atoms with E-state index >= 15 is 0 Å². The first kappa shape index (κ1) is 23.1. The van der Waals surface area contributed by atoms with Crippen molar-refractivity contribution in [2.75, 3.05) is 20.3 Å². The highest BCUT2D eigenvalue weighted by molar-refractivity contribution is 7.86. The Morgan fingerprint density at radius 1 is 0.923 bits per heavy atom. The maximum absolute atomic E-state index is 12.6. The molecule has 0 N–H and O–H groups in total. The van der Waals surface area contributed by atoms with Crippen LogP contribution in [0.2, 0.25) is 0 Å². The van der Waals surface area contributed by atoms with Crippen molar-refractivity contribution in [3.05, 3.63) is 29.8 Å². The molecular formula is C20H34O5S. The van der Waals surface area contributed by atoms with Crippen molar-refractivity contribution in [1.82, 2.24) is 0 Å². The third-order valence-electron chi connectivity index (χ3n) is 5.03. The summed E-state index contributed by atoms with van der Waals surface area (Å²) in [6, 6.07) is 6.70. The standard InChI is InChI=1S/C20H34O5S/c1-7-19(4,13-15-23-6)24-16-14-20(5,8-2)25-26(21,22)18-11-9-17(3)10-12-18/h9-12H,7-8,13-16H2,1-6H3. The van der Waals surface area contributed by atoms with Gasteiger partial charge in [0.2, 0.25) is 0 Å². The van der Waals surface area contributed by atoms with Crippen LogP contribution in [-0.2, 0) is 23.8 Å². The number of benzene rings is 1. The summed E-state index contributed by atoms with van der Waals surface area (Å²) >= 11 is 0. The van der Waals surface area contributed by atoms with Gasteiger partial charge in [0.25, 0.3) is 10.1 Å². The van der Waals surface area contributed by atoms with Crippen molar-refractivity contribution in [1.29, 1.82) is 0 Å². The molecule has 0 aliphatic rings. The Kier molecular flexibility index (Phi) is 8.73. The lowest BCUT2D eigenvalue weighted by Gasteiger charge is -2.32. The van der Waals surface area contributed by atoms with Crippen LogP contribution in [-0.4, -0.2) is 39.9 Å². The Hall–Kier alpha value is -0.950. The fourth-order valence-electron chi connectivity index (χ4n) is 2.48. The van der Waals surface area contributed by atoms with Gasteiger partial charge < -0.3 is 9.47 Å². The second kappa shape index (κ2) is 9.83. The fraction of sp³-hybridized carbons (Fsp3) is 0.700. The van der Waals surface area contributed by atoms with E-state index in [1.54, 1.807) is 31.4 Å². The Morgan fingerprint density at radius 3 is 1.96 bits per heavy atom. The molecule has 6 heteroatoms. The van der Waals surface area contributed by atoms with E-state index in [4.69, 9.17) is 13.7 Å². The summed E-state index contributed by atoms with van der Waals surface area (Å²) in [5.41, 5.74) is -0.0781. The van der Waals surface area contributed by atoms with Crippen LogP contribution in [0.1, 0.15) is 58.9 Å². The number of hydrogen-bond donors (Lipinski definition) is 0. The Bertz CT molecular complexity index is 641. The average molecular weight is 387 g/mol. The van der Waals surface area contributed by atoms with Gasteiger partial charge in [0, 0.05) is 20.1 Å². The molecule has 2 unspecified atom stereocenters. The first-order chi connectivity index (χ1) is 12.1. The van der Waals surface area contributed by atoms with Crippen LogP contribution in [0.25, 0.3) is 0 Å². The highest BCUT2D eigenvalue weighted by Gasteiger charge is 2.32. The molecule has 0 spiro atoms. The fourth-order valence-corrected chi connectivity index (χ4v) is 3.77. The molecule has 0 aliphatic carbocycles. The molecule has 0 amide bonds. The minimum atomic E-state index is -3.81. The number of methoxy groups -OCH3 is 1. The van der Waals surface area contributed by atoms with E-state index in [1.165, 1.54) is 0 Å². The second-order valence-electron chi connectivity index (χ2n) is 7.30. The summed E-state index contributed by atoms with van der Waals surface area (Å²) in [5.74, 6) is 0. The summed E-state index contributed by atoms with van der Waals surface area (Å²) in [6.45, 7) is 10.9. The predicted molar refractivity (Wildman–Crippen MR) is 104 cm³/mol. The molecule has 0 aliphatic heterocycles. The lowest BCUT2D eigenvalue weighted by Crippen LogP contribution is -2.36. The van der Waals surface area contributed by atoms with E-state index in [-0.39, 0.29) is 10.5 Å². The quantitative estimate of drug-likeness (QED) is 0.496. The third-order valence-corrected chi connectivity index (χ3v) is 6.50. The topological polar surface area (TPSA) is 61.8 Å². The second-order valence-corrected chi connectivity index (χ2v) is 8.85. The molecule has 150 valence electrons. The minimum absolute atomic E-state index is 0.183. The van der Waals surface area contributed by atoms with E-state index in [9.17, 15) is 8.42 Å². The molecule has 0 heterocycles. The lowest BCUT2D eigenvalue weighted by atomic mass is 9.97. The van der Waals surface area contributed by atoms with E-state index in [2.05, 4.69) is 13.8 Å². The van der Waals surface area contributed by atoms with Gasteiger partial charge in [0.1, 0.15) is 0 Å². The highest BCUT2D eigenvalue weighted by atomic mass is 32.2. The highest BCUT2D eigenvalue weighted by Crippen LogP contribution is 2.28. The van der Waals surface area contributed by atoms with Crippen molar-refractivity contribution in [3.63, 3.8) is 0 Å². The normalized spacial score (nSPS) is 16.8. The zero-order valence-corrected chi connectivity index (χ0v) is 17.8. The van der Waals surface area contributed by atoms with Crippen molar-refractivity contribution in [3.8, 4) is 0 Å². The first-order valence-corrected chi connectivity index (χ1v) is 10.7. The molecule has 1 aromatic rings. The molecule has 5 nitrogen and oxygen atoms in total. The van der Waals surface area contributed by atoms with Crippen LogP contribution >= 0.6 is 0 Å². The van der Waals surface area contributed by atoms with Gasteiger partial charge in [-0.15, -0.1) is 0 Å². The lowest BCUT2D eigenvalue weighted by molar-refractivity contribution is -0.0698. The van der Waals surface area contributed by atoms with Gasteiger partial charge in [0.15, 0.2) is 0 Å². The predicted octanol–water partition coefficient (Wildman–Crippen LogP) is 4.48. The van der Waals surface area contributed by atoms with Crippen molar-refractivity contribution < 1.29 is 22.1 Å². The molecule has 2 atom stereocenters. The monoisotopic (exact) mass is 386 g/mol. The molecule has 0 aromatic heterocycles. The maximum Gasteiger partial charge on any atom is 0.297 e. The third kappa shape index (κ3) is 6.99. The summed E-state index contributed by atoms with van der Waals surface area (Å²) < 4.78 is 42.0. The largest absolute Gasteiger partial charge is 0.385 e. The summed E-state index contributed by atoms with van der Waals surface area (Å²) in [6.07, 6.45) is 2.73. The van der Waals surface area contributed by atoms with Crippen LogP contribution in [0.15, 0.2) is 29.2 Å². The maximum atomic E-state index is 12.6. The molecule has 1 rings (SSSR count). The van der Waals surface area contributed by atoms with Crippen LogP contribution < -0.4 is 0 Å². The molecule has 0 saturated heterocycles. The molecule has 1 aromatic carbocycles. The zero-order chi connectivity index (χ0) is 19.8. The molecular weight excluding hydrogens is 352 g/mol. The number of hydrogen-bond acceptors (Lipinski definition) is 5. The first-order valence-electron chi connectivity index (χ1n) is 9.25. The summed E-state index contributed by atoms with van der Waals surface area (Å²) in [4.78, 5) is 0.183. The number of aryl methyl sites for hydroxylation is 1. The van der Waals surface area contributed by atoms with Gasteiger partial charge in [0.05, 0.1) is 22.7 Å². The SMILES string of the molecule is CCC(C)(CCOC)OCCC(C)(CC)OS(=O)(=O)c1ccc(C)cc1. The van der Waals surface area contributed by atoms with Gasteiger partial charge in [-0.3, -0.25) is 4.18 Å². The van der Waals surface area contributed by atoms with E-state index < -0.39 is 15.7 Å².